The van der Waals surface area contributed by atoms with E-state index in [4.69, 9.17) is 15.2 Å². The maximum Gasteiger partial charge on any atom is 0.231 e. The molecule has 0 aromatic carbocycles. The van der Waals surface area contributed by atoms with E-state index in [0.717, 1.165) is 0 Å². The number of hydrogen-bond acceptors (Lipinski definition) is 3. The summed E-state index contributed by atoms with van der Waals surface area (Å²) in [5, 5.41) is 0. The molecule has 5 nitrogen and oxygen atoms in total. The van der Waals surface area contributed by atoms with Gasteiger partial charge in [-0.15, -0.1) is 0 Å². The highest BCUT2D eigenvalue weighted by atomic mass is 16.7. The number of nitrogens with one attached hydrogen (secondary N) is 1. The molecule has 0 saturated carbocycles. The first-order chi connectivity index (χ1) is 6.20. The Morgan fingerprint density at radius 2 is 2.46 bits per heavy atom. The number of amides is 1. The number of primary amides is 1. The number of carbonyl (C=O) groups excluding carboxylic acids is 1. The quantitative estimate of drug-likeness (QED) is 0.692. The lowest BCUT2D eigenvalue weighted by Crippen LogP contribution is -2.19. The number of fused-ring (bicyclic) bond motifs is 1. The molecule has 0 aliphatic carbocycles. The van der Waals surface area contributed by atoms with Crippen LogP contribution in [-0.2, 0) is 4.79 Å². The van der Waals surface area contributed by atoms with Crippen LogP contribution in [0.5, 0.6) is 11.5 Å². The lowest BCUT2D eigenvalue weighted by molar-refractivity contribution is -0.119. The van der Waals surface area contributed by atoms with Gasteiger partial charge >= 0.3 is 0 Å². The summed E-state index contributed by atoms with van der Waals surface area (Å²) in [7, 11) is 0. The molecule has 1 amide bonds. The molecular formula is C8H10N2O3. The fraction of sp³-hybridized carbons (Fsp3) is 0.375. The average Bonchev–Trinajstić information content (AvgIpc) is 2.61. The Morgan fingerprint density at radius 3 is 3.15 bits per heavy atom. The van der Waals surface area contributed by atoms with Crippen LogP contribution in [0.4, 0.5) is 0 Å². The molecule has 1 aromatic rings. The predicted octanol–water partition coefficient (Wildman–Crippen LogP) is 0.332. The largest absolute Gasteiger partial charge is 0.452 e. The Hall–Kier alpha value is -1.65. The van der Waals surface area contributed by atoms with Crippen LogP contribution in [0.3, 0.4) is 0 Å². The molecule has 2 rings (SSSR count). The number of carbonyl (C=O) groups is 1. The summed E-state index contributed by atoms with van der Waals surface area (Å²) in [5.74, 6) is 0.472. The average molecular weight is 182 g/mol. The fourth-order valence-corrected chi connectivity index (χ4v) is 1.28. The molecule has 0 spiro atoms. The number of H-pyrrole nitrogens is 1. The second kappa shape index (κ2) is 2.69. The molecule has 0 bridgehead atoms. The molecular weight excluding hydrogens is 172 g/mol. The third kappa shape index (κ3) is 1.12. The topological polar surface area (TPSA) is 77.3 Å². The number of aromatic nitrogens is 1. The van der Waals surface area contributed by atoms with Crippen molar-refractivity contribution in [3.05, 3.63) is 11.9 Å². The molecule has 1 aliphatic heterocycles. The van der Waals surface area contributed by atoms with Gasteiger partial charge in [0.25, 0.3) is 0 Å². The number of rotatable bonds is 2. The van der Waals surface area contributed by atoms with E-state index in [9.17, 15) is 4.79 Å². The molecule has 5 heteroatoms. The van der Waals surface area contributed by atoms with Crippen molar-refractivity contribution in [2.24, 2.45) is 5.73 Å². The van der Waals surface area contributed by atoms with E-state index in [2.05, 4.69) is 4.98 Å². The SMILES string of the molecule is CC(C(N)=O)c1[nH]cc2c1OCO2. The Morgan fingerprint density at radius 1 is 1.69 bits per heavy atom. The molecule has 70 valence electrons. The van der Waals surface area contributed by atoms with Crippen LogP contribution >= 0.6 is 0 Å². The summed E-state index contributed by atoms with van der Waals surface area (Å²) >= 11 is 0. The van der Waals surface area contributed by atoms with Crippen molar-refractivity contribution in [1.82, 2.24) is 4.98 Å². The van der Waals surface area contributed by atoms with Crippen molar-refractivity contribution in [1.29, 1.82) is 0 Å². The van der Waals surface area contributed by atoms with Crippen molar-refractivity contribution in [3.8, 4) is 11.5 Å². The minimum absolute atomic E-state index is 0.206. The summed E-state index contributed by atoms with van der Waals surface area (Å²) < 4.78 is 10.3. The second-order valence-electron chi connectivity index (χ2n) is 2.93. The van der Waals surface area contributed by atoms with E-state index in [1.54, 1.807) is 13.1 Å². The van der Waals surface area contributed by atoms with E-state index in [0.29, 0.717) is 17.2 Å². The van der Waals surface area contributed by atoms with Gasteiger partial charge in [0.2, 0.25) is 12.7 Å². The molecule has 2 heterocycles. The zero-order chi connectivity index (χ0) is 9.42. The summed E-state index contributed by atoms with van der Waals surface area (Å²) in [6.07, 6.45) is 1.66. The van der Waals surface area contributed by atoms with Gasteiger partial charge in [-0.25, -0.2) is 0 Å². The van der Waals surface area contributed by atoms with Gasteiger partial charge in [0.15, 0.2) is 11.5 Å². The van der Waals surface area contributed by atoms with Crippen molar-refractivity contribution >= 4 is 5.91 Å². The van der Waals surface area contributed by atoms with Crippen LogP contribution in [0.25, 0.3) is 0 Å². The Balaban J connectivity index is 2.36. The molecule has 0 fully saturated rings. The van der Waals surface area contributed by atoms with Crippen LogP contribution < -0.4 is 15.2 Å². The van der Waals surface area contributed by atoms with Crippen molar-refractivity contribution < 1.29 is 14.3 Å². The van der Waals surface area contributed by atoms with Crippen LogP contribution in [0.1, 0.15) is 18.5 Å². The highest BCUT2D eigenvalue weighted by Crippen LogP contribution is 2.38. The van der Waals surface area contributed by atoms with Gasteiger partial charge in [0.1, 0.15) is 0 Å². The third-order valence-corrected chi connectivity index (χ3v) is 2.10. The Kier molecular flexibility index (Phi) is 1.65. The van der Waals surface area contributed by atoms with Gasteiger partial charge < -0.3 is 20.2 Å². The zero-order valence-electron chi connectivity index (χ0n) is 7.16. The van der Waals surface area contributed by atoms with Gasteiger partial charge in [0.05, 0.1) is 11.6 Å². The normalized spacial score (nSPS) is 15.8. The Bertz CT molecular complexity index is 345. The first kappa shape index (κ1) is 7.97. The molecule has 0 radical (unpaired) electrons. The number of ether oxygens (including phenoxy) is 2. The lowest BCUT2D eigenvalue weighted by Gasteiger charge is -2.05. The highest BCUT2D eigenvalue weighted by molar-refractivity contribution is 5.82. The monoisotopic (exact) mass is 182 g/mol. The van der Waals surface area contributed by atoms with Gasteiger partial charge in [-0.1, -0.05) is 0 Å². The van der Waals surface area contributed by atoms with Gasteiger partial charge in [0, 0.05) is 6.20 Å². The highest BCUT2D eigenvalue weighted by Gasteiger charge is 2.25. The summed E-state index contributed by atoms with van der Waals surface area (Å²) in [4.78, 5) is 13.8. The van der Waals surface area contributed by atoms with Crippen LogP contribution in [0, 0.1) is 0 Å². The smallest absolute Gasteiger partial charge is 0.231 e. The first-order valence-corrected chi connectivity index (χ1v) is 3.96. The number of hydrogen-bond donors (Lipinski definition) is 2. The van der Waals surface area contributed by atoms with Gasteiger partial charge in [-0.2, -0.15) is 0 Å². The van der Waals surface area contributed by atoms with E-state index in [1.165, 1.54) is 0 Å². The molecule has 1 aliphatic rings. The zero-order valence-corrected chi connectivity index (χ0v) is 7.16. The minimum Gasteiger partial charge on any atom is -0.452 e. The maximum atomic E-state index is 10.9. The van der Waals surface area contributed by atoms with Crippen LogP contribution in [-0.4, -0.2) is 17.7 Å². The molecule has 1 unspecified atom stereocenters. The molecule has 1 atom stereocenters. The van der Waals surface area contributed by atoms with Gasteiger partial charge in [-0.05, 0) is 6.92 Å². The minimum atomic E-state index is -0.389. The number of aromatic amines is 1. The Labute approximate surface area is 74.8 Å². The second-order valence-corrected chi connectivity index (χ2v) is 2.93. The number of nitrogens with two attached hydrogens (primary N) is 1. The fourth-order valence-electron chi connectivity index (χ4n) is 1.28. The molecule has 0 saturated heterocycles. The van der Waals surface area contributed by atoms with E-state index >= 15 is 0 Å². The van der Waals surface area contributed by atoms with Crippen LogP contribution in [0.2, 0.25) is 0 Å². The summed E-state index contributed by atoms with van der Waals surface area (Å²) in [6, 6.07) is 0. The molecule has 1 aromatic heterocycles. The molecule has 3 N–H and O–H groups in total. The van der Waals surface area contributed by atoms with Crippen LogP contribution in [0.15, 0.2) is 6.20 Å². The van der Waals surface area contributed by atoms with Crippen molar-refractivity contribution in [2.75, 3.05) is 6.79 Å². The summed E-state index contributed by atoms with van der Waals surface area (Å²) in [5.41, 5.74) is 5.85. The van der Waals surface area contributed by atoms with Crippen molar-refractivity contribution in [2.45, 2.75) is 12.8 Å². The predicted molar refractivity (Wildman–Crippen MR) is 44.5 cm³/mol. The standard InChI is InChI=1S/C8H10N2O3/c1-4(8(9)11)6-7-5(2-10-6)12-3-13-7/h2,4,10H,3H2,1H3,(H2,9,11). The summed E-state index contributed by atoms with van der Waals surface area (Å²) in [6.45, 7) is 1.92. The van der Waals surface area contributed by atoms with E-state index in [1.807, 2.05) is 0 Å². The van der Waals surface area contributed by atoms with Crippen molar-refractivity contribution in [3.63, 3.8) is 0 Å². The third-order valence-electron chi connectivity index (χ3n) is 2.10. The maximum absolute atomic E-state index is 10.9. The van der Waals surface area contributed by atoms with Gasteiger partial charge in [-0.3, -0.25) is 4.79 Å². The molecule has 13 heavy (non-hydrogen) atoms. The lowest BCUT2D eigenvalue weighted by atomic mass is 10.1. The first-order valence-electron chi connectivity index (χ1n) is 3.96. The van der Waals surface area contributed by atoms with E-state index in [-0.39, 0.29) is 18.6 Å². The van der Waals surface area contributed by atoms with E-state index < -0.39 is 0 Å².